The SMILES string of the molecule is CCCCCCCCCCCCC(CCCCCC)C(CCCCCC)(CCCCCC)[P+](C)(C)C.[Cl-]. The average Bonchev–Trinajstić information content (AvgIpc) is 2.85. The molecule has 226 valence electrons. The summed E-state index contributed by atoms with van der Waals surface area (Å²) in [5, 5.41) is 0.653. The second-order valence-electron chi connectivity index (χ2n) is 13.3. The van der Waals surface area contributed by atoms with Gasteiger partial charge in [-0.3, -0.25) is 0 Å². The van der Waals surface area contributed by atoms with Crippen LogP contribution in [0.3, 0.4) is 0 Å². The molecule has 0 saturated carbocycles. The van der Waals surface area contributed by atoms with Gasteiger partial charge in [-0.15, -0.1) is 0 Å². The van der Waals surface area contributed by atoms with Crippen molar-refractivity contribution in [2.24, 2.45) is 5.92 Å². The van der Waals surface area contributed by atoms with Gasteiger partial charge in [0.2, 0.25) is 0 Å². The molecule has 0 radical (unpaired) electrons. The van der Waals surface area contributed by atoms with E-state index in [1.807, 2.05) is 0 Å². The third-order valence-electron chi connectivity index (χ3n) is 9.33. The number of unbranched alkanes of at least 4 members (excludes halogenated alkanes) is 18. The van der Waals surface area contributed by atoms with Crippen molar-refractivity contribution in [3.8, 4) is 0 Å². The lowest BCUT2D eigenvalue weighted by molar-refractivity contribution is -0.00000837. The van der Waals surface area contributed by atoms with E-state index in [0.29, 0.717) is 5.16 Å². The molecule has 0 aromatic rings. The topological polar surface area (TPSA) is 0 Å². The largest absolute Gasteiger partial charge is 1.00 e. The first-order chi connectivity index (χ1) is 17.4. The molecule has 0 aliphatic carbocycles. The first kappa shape index (κ1) is 39.9. The lowest BCUT2D eigenvalue weighted by Gasteiger charge is -2.46. The molecule has 0 rings (SSSR count). The standard InChI is InChI=1S/C35H74P.ClH/c1-8-12-16-20-21-22-23-24-25-27-31-34(30-26-17-13-9-2)35(36(5,6)7,32-28-18-14-10-3)33-29-19-15-11-4;/h34H,8-33H2,1-7H3;1H/q+1;/p-1. The highest BCUT2D eigenvalue weighted by atomic mass is 35.5. The van der Waals surface area contributed by atoms with Crippen molar-refractivity contribution in [3.63, 3.8) is 0 Å². The zero-order valence-corrected chi connectivity index (χ0v) is 28.9. The van der Waals surface area contributed by atoms with E-state index in [1.54, 1.807) is 0 Å². The molecule has 0 heterocycles. The van der Waals surface area contributed by atoms with Gasteiger partial charge in [-0.25, -0.2) is 0 Å². The minimum atomic E-state index is -0.946. The van der Waals surface area contributed by atoms with Crippen LogP contribution < -0.4 is 12.4 Å². The molecule has 0 fully saturated rings. The van der Waals surface area contributed by atoms with Gasteiger partial charge in [0, 0.05) is 27.3 Å². The van der Waals surface area contributed by atoms with Crippen LogP contribution in [0.2, 0.25) is 0 Å². The summed E-state index contributed by atoms with van der Waals surface area (Å²) < 4.78 is 0. The van der Waals surface area contributed by atoms with Gasteiger partial charge < -0.3 is 12.4 Å². The van der Waals surface area contributed by atoms with Crippen LogP contribution in [-0.2, 0) is 0 Å². The molecule has 0 bridgehead atoms. The molecular formula is C35H74ClP. The van der Waals surface area contributed by atoms with E-state index in [0.717, 1.165) is 5.92 Å². The molecule has 0 aliphatic heterocycles. The maximum absolute atomic E-state index is 2.73. The third kappa shape index (κ3) is 19.4. The molecule has 0 amide bonds. The molecule has 0 nitrogen and oxygen atoms in total. The highest BCUT2D eigenvalue weighted by Gasteiger charge is 2.51. The summed E-state index contributed by atoms with van der Waals surface area (Å²) in [4.78, 5) is 0. The third-order valence-corrected chi connectivity index (χ3v) is 12.8. The van der Waals surface area contributed by atoms with E-state index in [9.17, 15) is 0 Å². The van der Waals surface area contributed by atoms with Gasteiger partial charge in [0.05, 0.1) is 5.16 Å². The van der Waals surface area contributed by atoms with Crippen molar-refractivity contribution in [3.05, 3.63) is 0 Å². The Kier molecular flexibility index (Phi) is 29.0. The average molecular weight is 561 g/mol. The monoisotopic (exact) mass is 561 g/mol. The second-order valence-corrected chi connectivity index (χ2v) is 18.2. The maximum atomic E-state index is 2.73. The van der Waals surface area contributed by atoms with Crippen LogP contribution in [0.5, 0.6) is 0 Å². The zero-order chi connectivity index (χ0) is 27.0. The molecular weight excluding hydrogens is 487 g/mol. The maximum Gasteiger partial charge on any atom is 0.0819 e. The Balaban J connectivity index is 0. The van der Waals surface area contributed by atoms with Crippen LogP contribution in [0.25, 0.3) is 0 Å². The first-order valence-corrected chi connectivity index (χ1v) is 20.3. The summed E-state index contributed by atoms with van der Waals surface area (Å²) in [5.41, 5.74) is 0. The van der Waals surface area contributed by atoms with Gasteiger partial charge in [-0.1, -0.05) is 156 Å². The summed E-state index contributed by atoms with van der Waals surface area (Å²) in [6.45, 7) is 17.6. The lowest BCUT2D eigenvalue weighted by Crippen LogP contribution is -3.00. The molecule has 1 atom stereocenters. The summed E-state index contributed by atoms with van der Waals surface area (Å²) in [7, 11) is -0.946. The normalized spacial score (nSPS) is 13.1. The molecule has 0 aromatic carbocycles. The van der Waals surface area contributed by atoms with E-state index in [2.05, 4.69) is 47.7 Å². The highest BCUT2D eigenvalue weighted by Crippen LogP contribution is 2.68. The van der Waals surface area contributed by atoms with Gasteiger partial charge in [-0.05, 0) is 44.4 Å². The van der Waals surface area contributed by atoms with E-state index in [1.165, 1.54) is 167 Å². The van der Waals surface area contributed by atoms with Crippen molar-refractivity contribution >= 4 is 7.26 Å². The Hall–Kier alpha value is 0.720. The highest BCUT2D eigenvalue weighted by molar-refractivity contribution is 7.75. The van der Waals surface area contributed by atoms with Crippen molar-refractivity contribution in [1.29, 1.82) is 0 Å². The van der Waals surface area contributed by atoms with Crippen LogP contribution in [0.15, 0.2) is 0 Å². The Bertz CT molecular complexity index is 429. The van der Waals surface area contributed by atoms with Crippen LogP contribution in [0.1, 0.15) is 195 Å². The fraction of sp³-hybridized carbons (Fsp3) is 1.00. The van der Waals surface area contributed by atoms with E-state index < -0.39 is 7.26 Å². The molecule has 0 aromatic heterocycles. The fourth-order valence-electron chi connectivity index (χ4n) is 6.84. The Morgan fingerprint density at radius 3 is 1.00 bits per heavy atom. The number of hydrogen-bond acceptors (Lipinski definition) is 0. The first-order valence-electron chi connectivity index (χ1n) is 17.2. The van der Waals surface area contributed by atoms with Crippen molar-refractivity contribution < 1.29 is 12.4 Å². The number of hydrogen-bond donors (Lipinski definition) is 0. The van der Waals surface area contributed by atoms with Crippen LogP contribution in [-0.4, -0.2) is 25.2 Å². The fourth-order valence-corrected chi connectivity index (χ4v) is 9.86. The molecule has 2 heteroatoms. The van der Waals surface area contributed by atoms with E-state index in [4.69, 9.17) is 0 Å². The number of rotatable bonds is 28. The minimum Gasteiger partial charge on any atom is -1.00 e. The Labute approximate surface area is 244 Å². The zero-order valence-electron chi connectivity index (χ0n) is 27.3. The predicted molar refractivity (Wildman–Crippen MR) is 174 cm³/mol. The van der Waals surface area contributed by atoms with Gasteiger partial charge in [0.15, 0.2) is 0 Å². The van der Waals surface area contributed by atoms with Gasteiger partial charge in [-0.2, -0.15) is 0 Å². The lowest BCUT2D eigenvalue weighted by atomic mass is 9.77. The molecule has 0 N–H and O–H groups in total. The molecule has 0 saturated heterocycles. The van der Waals surface area contributed by atoms with Crippen LogP contribution >= 0.6 is 7.26 Å². The van der Waals surface area contributed by atoms with Crippen molar-refractivity contribution in [1.82, 2.24) is 0 Å². The van der Waals surface area contributed by atoms with Crippen molar-refractivity contribution in [2.75, 3.05) is 20.0 Å². The van der Waals surface area contributed by atoms with Gasteiger partial charge in [0.25, 0.3) is 0 Å². The van der Waals surface area contributed by atoms with Crippen LogP contribution in [0, 0.1) is 5.92 Å². The van der Waals surface area contributed by atoms with Crippen LogP contribution in [0.4, 0.5) is 0 Å². The summed E-state index contributed by atoms with van der Waals surface area (Å²) in [5.74, 6) is 0.986. The van der Waals surface area contributed by atoms with E-state index >= 15 is 0 Å². The molecule has 37 heavy (non-hydrogen) atoms. The van der Waals surface area contributed by atoms with Crippen molar-refractivity contribution in [2.45, 2.75) is 200 Å². The summed E-state index contributed by atoms with van der Waals surface area (Å²) in [6.07, 6.45) is 38.1. The Morgan fingerprint density at radius 2 is 0.676 bits per heavy atom. The Morgan fingerprint density at radius 1 is 0.405 bits per heavy atom. The summed E-state index contributed by atoms with van der Waals surface area (Å²) >= 11 is 0. The van der Waals surface area contributed by atoms with Gasteiger partial charge in [0.1, 0.15) is 0 Å². The molecule has 0 aliphatic rings. The second kappa shape index (κ2) is 26.9. The molecule has 0 spiro atoms. The quantitative estimate of drug-likeness (QED) is 0.0659. The predicted octanol–water partition coefficient (Wildman–Crippen LogP) is 10.5. The van der Waals surface area contributed by atoms with E-state index in [-0.39, 0.29) is 12.4 Å². The molecule has 1 unspecified atom stereocenters. The summed E-state index contributed by atoms with van der Waals surface area (Å²) in [6, 6.07) is 0. The van der Waals surface area contributed by atoms with Gasteiger partial charge >= 0.3 is 0 Å². The minimum absolute atomic E-state index is 0. The number of halogens is 1. The smallest absolute Gasteiger partial charge is 0.0819 e.